The molecule has 1 aromatic rings. The van der Waals surface area contributed by atoms with E-state index in [1.165, 1.54) is 6.07 Å². The van der Waals surface area contributed by atoms with E-state index in [4.69, 9.17) is 0 Å². The quantitative estimate of drug-likeness (QED) is 0.779. The summed E-state index contributed by atoms with van der Waals surface area (Å²) in [5.41, 5.74) is 0.757. The number of benzene rings is 1. The third kappa shape index (κ3) is 1.98. The highest BCUT2D eigenvalue weighted by Gasteiger charge is 2.48. The second-order valence-electron chi connectivity index (χ2n) is 5.23. The Morgan fingerprint density at radius 1 is 1.30 bits per heavy atom. The molecule has 0 saturated carbocycles. The Bertz CT molecular complexity index is 535. The van der Waals surface area contributed by atoms with Gasteiger partial charge in [0.25, 0.3) is 0 Å². The zero-order valence-corrected chi connectivity index (χ0v) is 10.9. The highest BCUT2D eigenvalue weighted by atomic mass is 19.3. The van der Waals surface area contributed by atoms with Gasteiger partial charge >= 0.3 is 6.05 Å². The van der Waals surface area contributed by atoms with Crippen LogP contribution in [-0.4, -0.2) is 36.1 Å². The lowest BCUT2D eigenvalue weighted by atomic mass is 10.1. The monoisotopic (exact) mass is 284 g/mol. The average molecular weight is 284 g/mol. The van der Waals surface area contributed by atoms with Gasteiger partial charge in [0.15, 0.2) is 6.67 Å². The van der Waals surface area contributed by atoms with E-state index < -0.39 is 24.7 Å². The SMILES string of the molecule is O=C1C2CCCN2Cc2ccccc2N1C(F)(F)CF. The third-order valence-electron chi connectivity index (χ3n) is 3.96. The van der Waals surface area contributed by atoms with Crippen molar-refractivity contribution in [3.05, 3.63) is 29.8 Å². The summed E-state index contributed by atoms with van der Waals surface area (Å²) in [6.45, 7) is -0.717. The van der Waals surface area contributed by atoms with Gasteiger partial charge in [-0.3, -0.25) is 9.69 Å². The lowest BCUT2D eigenvalue weighted by Crippen LogP contribution is -2.52. The number of nitrogens with zero attached hydrogens (tertiary/aromatic N) is 2. The van der Waals surface area contributed by atoms with Crippen LogP contribution >= 0.6 is 0 Å². The summed E-state index contributed by atoms with van der Waals surface area (Å²) in [6.07, 6.45) is 1.35. The van der Waals surface area contributed by atoms with Gasteiger partial charge in [-0.25, -0.2) is 9.29 Å². The second-order valence-corrected chi connectivity index (χ2v) is 5.23. The molecule has 2 aliphatic heterocycles. The standard InChI is InChI=1S/C14H15F3N2O/c15-9-14(16,17)19-11-5-2-1-4-10(11)8-18-7-3-6-12(18)13(19)20/h1-2,4-5,12H,3,6-9H2. The number of amides is 1. The number of carbonyl (C=O) groups is 1. The third-order valence-corrected chi connectivity index (χ3v) is 3.96. The molecule has 1 unspecified atom stereocenters. The van der Waals surface area contributed by atoms with Crippen LogP contribution in [0.5, 0.6) is 0 Å². The van der Waals surface area contributed by atoms with Crippen LogP contribution < -0.4 is 4.90 Å². The van der Waals surface area contributed by atoms with Gasteiger partial charge in [0.05, 0.1) is 11.7 Å². The first-order chi connectivity index (χ1) is 9.54. The molecule has 2 heterocycles. The lowest BCUT2D eigenvalue weighted by Gasteiger charge is -2.31. The molecule has 20 heavy (non-hydrogen) atoms. The smallest absolute Gasteiger partial charge is 0.288 e. The van der Waals surface area contributed by atoms with Crippen molar-refractivity contribution >= 4 is 11.6 Å². The van der Waals surface area contributed by atoms with Crippen molar-refractivity contribution in [2.45, 2.75) is 31.5 Å². The van der Waals surface area contributed by atoms with Crippen molar-refractivity contribution in [1.82, 2.24) is 4.90 Å². The Morgan fingerprint density at radius 2 is 2.05 bits per heavy atom. The van der Waals surface area contributed by atoms with E-state index in [0.717, 1.165) is 6.42 Å². The van der Waals surface area contributed by atoms with Gasteiger partial charge in [0, 0.05) is 6.54 Å². The summed E-state index contributed by atoms with van der Waals surface area (Å²) in [7, 11) is 0. The van der Waals surface area contributed by atoms with E-state index in [1.54, 1.807) is 18.2 Å². The van der Waals surface area contributed by atoms with Gasteiger partial charge in [-0.15, -0.1) is 0 Å². The molecule has 1 aromatic carbocycles. The number of halogens is 3. The fourth-order valence-corrected chi connectivity index (χ4v) is 3.04. The normalized spacial score (nSPS) is 23.4. The van der Waals surface area contributed by atoms with Crippen LogP contribution in [-0.2, 0) is 11.3 Å². The summed E-state index contributed by atoms with van der Waals surface area (Å²) in [5, 5.41) is 0. The van der Waals surface area contributed by atoms with E-state index in [1.807, 2.05) is 4.90 Å². The predicted octanol–water partition coefficient (Wildman–Crippen LogP) is 2.56. The Morgan fingerprint density at radius 3 is 2.80 bits per heavy atom. The summed E-state index contributed by atoms with van der Waals surface area (Å²) < 4.78 is 40.6. The van der Waals surface area contributed by atoms with E-state index in [0.29, 0.717) is 30.0 Å². The molecular weight excluding hydrogens is 269 g/mol. The second kappa shape index (κ2) is 4.77. The van der Waals surface area contributed by atoms with Gasteiger partial charge in [-0.05, 0) is 31.0 Å². The minimum Gasteiger partial charge on any atom is -0.288 e. The molecule has 2 aliphatic rings. The van der Waals surface area contributed by atoms with Crippen molar-refractivity contribution in [2.24, 2.45) is 0 Å². The molecule has 1 atom stereocenters. The molecule has 1 amide bonds. The van der Waals surface area contributed by atoms with Gasteiger partial charge in [-0.2, -0.15) is 8.78 Å². The molecule has 108 valence electrons. The van der Waals surface area contributed by atoms with Crippen molar-refractivity contribution in [1.29, 1.82) is 0 Å². The first kappa shape index (κ1) is 13.4. The maximum absolute atomic E-state index is 13.9. The number of carbonyl (C=O) groups excluding carboxylic acids is 1. The van der Waals surface area contributed by atoms with Gasteiger partial charge in [0.1, 0.15) is 0 Å². The highest BCUT2D eigenvalue weighted by molar-refractivity contribution is 5.99. The maximum atomic E-state index is 13.9. The molecule has 3 nitrogen and oxygen atoms in total. The first-order valence-corrected chi connectivity index (χ1v) is 6.64. The number of para-hydroxylation sites is 1. The van der Waals surface area contributed by atoms with Crippen molar-refractivity contribution < 1.29 is 18.0 Å². The molecule has 6 heteroatoms. The van der Waals surface area contributed by atoms with Crippen LogP contribution in [0.2, 0.25) is 0 Å². The fraction of sp³-hybridized carbons (Fsp3) is 0.500. The topological polar surface area (TPSA) is 23.6 Å². The Balaban J connectivity index is 2.12. The molecular formula is C14H15F3N2O. The first-order valence-electron chi connectivity index (χ1n) is 6.64. The lowest BCUT2D eigenvalue weighted by molar-refractivity contribution is -0.130. The van der Waals surface area contributed by atoms with E-state index in [2.05, 4.69) is 0 Å². The molecule has 0 spiro atoms. The van der Waals surface area contributed by atoms with Gasteiger partial charge < -0.3 is 0 Å². The van der Waals surface area contributed by atoms with Crippen LogP contribution in [0.1, 0.15) is 18.4 Å². The van der Waals surface area contributed by atoms with E-state index in [-0.39, 0.29) is 5.69 Å². The van der Waals surface area contributed by atoms with Crippen molar-refractivity contribution in [3.8, 4) is 0 Å². The van der Waals surface area contributed by atoms with Crippen molar-refractivity contribution in [2.75, 3.05) is 18.1 Å². The van der Waals surface area contributed by atoms with Crippen LogP contribution in [0.4, 0.5) is 18.9 Å². The van der Waals surface area contributed by atoms with Crippen molar-refractivity contribution in [3.63, 3.8) is 0 Å². The highest BCUT2D eigenvalue weighted by Crippen LogP contribution is 2.37. The minimum atomic E-state index is -3.80. The van der Waals surface area contributed by atoms with Crippen LogP contribution in [0.3, 0.4) is 0 Å². The Hall–Kier alpha value is -1.56. The van der Waals surface area contributed by atoms with Crippen LogP contribution in [0, 0.1) is 0 Å². The molecule has 0 aliphatic carbocycles. The zero-order chi connectivity index (χ0) is 14.3. The number of fused-ring (bicyclic) bond motifs is 2. The summed E-state index contributed by atoms with van der Waals surface area (Å²) in [6, 6.07) is 2.13. The molecule has 3 rings (SSSR count). The van der Waals surface area contributed by atoms with Gasteiger partial charge in [0.2, 0.25) is 5.91 Å². The number of rotatable bonds is 2. The molecule has 1 fully saturated rings. The van der Waals surface area contributed by atoms with E-state index in [9.17, 15) is 18.0 Å². The maximum Gasteiger partial charge on any atom is 0.360 e. The van der Waals surface area contributed by atoms with E-state index >= 15 is 0 Å². The largest absolute Gasteiger partial charge is 0.360 e. The number of hydrogen-bond acceptors (Lipinski definition) is 2. The average Bonchev–Trinajstić information content (AvgIpc) is 2.84. The molecule has 0 N–H and O–H groups in total. The fourth-order valence-electron chi connectivity index (χ4n) is 3.04. The Kier molecular flexibility index (Phi) is 3.20. The molecule has 0 aromatic heterocycles. The summed E-state index contributed by atoms with van der Waals surface area (Å²) >= 11 is 0. The molecule has 0 radical (unpaired) electrons. The number of alkyl halides is 3. The zero-order valence-electron chi connectivity index (χ0n) is 10.9. The Labute approximate surface area is 115 Å². The van der Waals surface area contributed by atoms with Gasteiger partial charge in [-0.1, -0.05) is 18.2 Å². The summed E-state index contributed by atoms with van der Waals surface area (Å²) in [4.78, 5) is 14.7. The number of anilines is 1. The predicted molar refractivity (Wildman–Crippen MR) is 68.3 cm³/mol. The van der Waals surface area contributed by atoms with Crippen LogP contribution in [0.25, 0.3) is 0 Å². The summed E-state index contributed by atoms with van der Waals surface area (Å²) in [5.74, 6) is -0.699. The van der Waals surface area contributed by atoms with Crippen LogP contribution in [0.15, 0.2) is 24.3 Å². The number of hydrogen-bond donors (Lipinski definition) is 0. The molecule has 1 saturated heterocycles. The minimum absolute atomic E-state index is 0.120. The molecule has 0 bridgehead atoms.